The maximum atomic E-state index is 4.13. The van der Waals surface area contributed by atoms with Crippen LogP contribution in [0.2, 0.25) is 0 Å². The van der Waals surface area contributed by atoms with Gasteiger partial charge in [-0.2, -0.15) is 0 Å². The SMILES string of the molecule is BrCCCc1cn(CC2CC2)nn1. The number of aryl methyl sites for hydroxylation is 1. The van der Waals surface area contributed by atoms with Gasteiger partial charge in [0.25, 0.3) is 0 Å². The molecule has 0 aromatic carbocycles. The molecule has 1 heterocycles. The number of alkyl halides is 1. The molecule has 0 aliphatic heterocycles. The van der Waals surface area contributed by atoms with Crippen LogP contribution in [-0.2, 0) is 13.0 Å². The van der Waals surface area contributed by atoms with E-state index < -0.39 is 0 Å². The highest BCUT2D eigenvalue weighted by atomic mass is 79.9. The number of aromatic nitrogens is 3. The Labute approximate surface area is 86.6 Å². The van der Waals surface area contributed by atoms with E-state index in [0.29, 0.717) is 0 Å². The molecule has 1 aromatic rings. The van der Waals surface area contributed by atoms with Crippen LogP contribution in [0.4, 0.5) is 0 Å². The molecular weight excluding hydrogens is 230 g/mol. The minimum absolute atomic E-state index is 0.880. The normalized spacial score (nSPS) is 16.4. The van der Waals surface area contributed by atoms with E-state index in [9.17, 15) is 0 Å². The van der Waals surface area contributed by atoms with Gasteiger partial charge in [0.15, 0.2) is 0 Å². The molecule has 0 radical (unpaired) electrons. The molecular formula is C9H14BrN3. The fourth-order valence-electron chi connectivity index (χ4n) is 1.36. The van der Waals surface area contributed by atoms with Crippen molar-refractivity contribution in [1.29, 1.82) is 0 Å². The second-order valence-electron chi connectivity index (χ2n) is 3.67. The third-order valence-corrected chi connectivity index (χ3v) is 2.86. The minimum atomic E-state index is 0.880. The van der Waals surface area contributed by atoms with Crippen molar-refractivity contribution in [1.82, 2.24) is 15.0 Å². The van der Waals surface area contributed by atoms with E-state index >= 15 is 0 Å². The zero-order valence-corrected chi connectivity index (χ0v) is 9.20. The standard InChI is InChI=1S/C9H14BrN3/c10-5-1-2-9-7-13(12-11-9)6-8-3-4-8/h7-8H,1-6H2. The molecule has 3 nitrogen and oxygen atoms in total. The summed E-state index contributed by atoms with van der Waals surface area (Å²) in [5.74, 6) is 0.880. The van der Waals surface area contributed by atoms with Gasteiger partial charge in [-0.15, -0.1) is 5.10 Å². The second kappa shape index (κ2) is 4.22. The Bertz CT molecular complexity index is 268. The summed E-state index contributed by atoms with van der Waals surface area (Å²) < 4.78 is 1.99. The van der Waals surface area contributed by atoms with Crippen molar-refractivity contribution in [2.75, 3.05) is 5.33 Å². The summed E-state index contributed by atoms with van der Waals surface area (Å²) in [4.78, 5) is 0. The number of hydrogen-bond donors (Lipinski definition) is 0. The van der Waals surface area contributed by atoms with Crippen LogP contribution >= 0.6 is 15.9 Å². The van der Waals surface area contributed by atoms with Crippen molar-refractivity contribution >= 4 is 15.9 Å². The Morgan fingerprint density at radius 1 is 1.54 bits per heavy atom. The van der Waals surface area contributed by atoms with Crippen LogP contribution in [-0.4, -0.2) is 20.3 Å². The fourth-order valence-corrected chi connectivity index (χ4v) is 1.64. The van der Waals surface area contributed by atoms with Crippen LogP contribution in [0.3, 0.4) is 0 Å². The van der Waals surface area contributed by atoms with Crippen LogP contribution in [0, 0.1) is 5.92 Å². The topological polar surface area (TPSA) is 30.7 Å². The van der Waals surface area contributed by atoms with Gasteiger partial charge in [0.2, 0.25) is 0 Å². The molecule has 0 unspecified atom stereocenters. The van der Waals surface area contributed by atoms with E-state index in [1.807, 2.05) is 4.68 Å². The summed E-state index contributed by atoms with van der Waals surface area (Å²) in [6.07, 6.45) is 7.01. The number of halogens is 1. The Morgan fingerprint density at radius 2 is 2.38 bits per heavy atom. The smallest absolute Gasteiger partial charge is 0.0827 e. The lowest BCUT2D eigenvalue weighted by molar-refractivity contribution is 0.544. The molecule has 2 rings (SSSR count). The summed E-state index contributed by atoms with van der Waals surface area (Å²) in [5.41, 5.74) is 1.13. The maximum absolute atomic E-state index is 4.13. The largest absolute Gasteiger partial charge is 0.252 e. The van der Waals surface area contributed by atoms with Gasteiger partial charge in [-0.05, 0) is 31.6 Å². The highest BCUT2D eigenvalue weighted by molar-refractivity contribution is 9.09. The molecule has 0 amide bonds. The number of hydrogen-bond acceptors (Lipinski definition) is 2. The van der Waals surface area contributed by atoms with E-state index in [1.54, 1.807) is 0 Å². The van der Waals surface area contributed by atoms with Crippen molar-refractivity contribution in [3.63, 3.8) is 0 Å². The summed E-state index contributed by atoms with van der Waals surface area (Å²) in [6.45, 7) is 1.07. The predicted molar refractivity (Wildman–Crippen MR) is 54.9 cm³/mol. The number of nitrogens with zero attached hydrogens (tertiary/aromatic N) is 3. The lowest BCUT2D eigenvalue weighted by Gasteiger charge is -1.94. The molecule has 1 aliphatic rings. The van der Waals surface area contributed by atoms with E-state index in [1.165, 1.54) is 12.8 Å². The minimum Gasteiger partial charge on any atom is -0.252 e. The van der Waals surface area contributed by atoms with Crippen molar-refractivity contribution < 1.29 is 0 Å². The van der Waals surface area contributed by atoms with Gasteiger partial charge in [0.05, 0.1) is 5.69 Å². The Morgan fingerprint density at radius 3 is 3.08 bits per heavy atom. The van der Waals surface area contributed by atoms with Gasteiger partial charge < -0.3 is 0 Å². The first-order valence-electron chi connectivity index (χ1n) is 4.83. The van der Waals surface area contributed by atoms with Gasteiger partial charge in [0, 0.05) is 18.1 Å². The molecule has 0 spiro atoms. The van der Waals surface area contributed by atoms with Gasteiger partial charge in [-0.1, -0.05) is 21.1 Å². The van der Waals surface area contributed by atoms with Crippen molar-refractivity contribution in [3.05, 3.63) is 11.9 Å². The molecule has 0 saturated heterocycles. The van der Waals surface area contributed by atoms with Gasteiger partial charge in [-0.3, -0.25) is 4.68 Å². The zero-order chi connectivity index (χ0) is 9.10. The van der Waals surface area contributed by atoms with Crippen LogP contribution in [0.1, 0.15) is 25.0 Å². The summed E-state index contributed by atoms with van der Waals surface area (Å²) in [7, 11) is 0. The van der Waals surface area contributed by atoms with Gasteiger partial charge in [0.1, 0.15) is 0 Å². The monoisotopic (exact) mass is 243 g/mol. The zero-order valence-electron chi connectivity index (χ0n) is 7.62. The lowest BCUT2D eigenvalue weighted by atomic mass is 10.3. The average Bonchev–Trinajstić information content (AvgIpc) is 2.81. The van der Waals surface area contributed by atoms with E-state index in [-0.39, 0.29) is 0 Å². The first kappa shape index (κ1) is 9.19. The van der Waals surface area contributed by atoms with Crippen LogP contribution in [0.25, 0.3) is 0 Å². The first-order valence-corrected chi connectivity index (χ1v) is 5.95. The Kier molecular flexibility index (Phi) is 2.98. The molecule has 0 N–H and O–H groups in total. The Balaban J connectivity index is 1.84. The molecule has 0 bridgehead atoms. The van der Waals surface area contributed by atoms with Gasteiger partial charge in [-0.25, -0.2) is 0 Å². The van der Waals surface area contributed by atoms with E-state index in [4.69, 9.17) is 0 Å². The van der Waals surface area contributed by atoms with E-state index in [2.05, 4.69) is 32.4 Å². The molecule has 1 saturated carbocycles. The number of rotatable bonds is 5. The van der Waals surface area contributed by atoms with Crippen LogP contribution < -0.4 is 0 Å². The maximum Gasteiger partial charge on any atom is 0.0827 e. The lowest BCUT2D eigenvalue weighted by Crippen LogP contribution is -1.99. The third kappa shape index (κ3) is 2.79. The summed E-state index contributed by atoms with van der Waals surface area (Å²) >= 11 is 3.41. The molecule has 13 heavy (non-hydrogen) atoms. The van der Waals surface area contributed by atoms with E-state index in [0.717, 1.165) is 36.3 Å². The predicted octanol–water partition coefficient (Wildman–Crippen LogP) is 2.02. The van der Waals surface area contributed by atoms with Crippen molar-refractivity contribution in [3.8, 4) is 0 Å². The van der Waals surface area contributed by atoms with Crippen molar-refractivity contribution in [2.45, 2.75) is 32.2 Å². The summed E-state index contributed by atoms with van der Waals surface area (Å²) in [6, 6.07) is 0. The summed E-state index contributed by atoms with van der Waals surface area (Å²) in [5, 5.41) is 9.27. The molecule has 1 aliphatic carbocycles. The van der Waals surface area contributed by atoms with Gasteiger partial charge >= 0.3 is 0 Å². The fraction of sp³-hybridized carbons (Fsp3) is 0.778. The third-order valence-electron chi connectivity index (χ3n) is 2.29. The first-order chi connectivity index (χ1) is 6.38. The molecule has 4 heteroatoms. The highest BCUT2D eigenvalue weighted by Crippen LogP contribution is 2.30. The molecule has 0 atom stereocenters. The van der Waals surface area contributed by atoms with Crippen molar-refractivity contribution in [2.24, 2.45) is 5.92 Å². The second-order valence-corrected chi connectivity index (χ2v) is 4.46. The van der Waals surface area contributed by atoms with Crippen LogP contribution in [0.5, 0.6) is 0 Å². The molecule has 72 valence electrons. The highest BCUT2D eigenvalue weighted by Gasteiger charge is 2.22. The van der Waals surface area contributed by atoms with Crippen LogP contribution in [0.15, 0.2) is 6.20 Å². The molecule has 1 fully saturated rings. The quantitative estimate of drug-likeness (QED) is 0.742. The molecule has 1 aromatic heterocycles. The average molecular weight is 244 g/mol. The Hall–Kier alpha value is -0.380.